The van der Waals surface area contributed by atoms with Crippen LogP contribution in [0.4, 0.5) is 0 Å². The van der Waals surface area contributed by atoms with Gasteiger partial charge >= 0.3 is 0 Å². The molecular formula is C27H40O3. The summed E-state index contributed by atoms with van der Waals surface area (Å²) in [7, 11) is 0. The molecule has 0 heterocycles. The van der Waals surface area contributed by atoms with Crippen molar-refractivity contribution in [2.45, 2.75) is 109 Å². The summed E-state index contributed by atoms with van der Waals surface area (Å²) < 4.78 is 0. The van der Waals surface area contributed by atoms with Gasteiger partial charge in [-0.1, -0.05) is 42.1 Å². The number of fused-ring (bicyclic) bond motifs is 1. The van der Waals surface area contributed by atoms with Gasteiger partial charge in [0, 0.05) is 6.42 Å². The zero-order valence-corrected chi connectivity index (χ0v) is 19.1. The number of aliphatic hydroxyl groups excluding tert-OH is 2. The lowest BCUT2D eigenvalue weighted by Gasteiger charge is -2.45. The van der Waals surface area contributed by atoms with E-state index in [-0.39, 0.29) is 0 Å². The predicted octanol–water partition coefficient (Wildman–Crippen LogP) is 4.91. The van der Waals surface area contributed by atoms with Gasteiger partial charge in [-0.25, -0.2) is 0 Å². The highest BCUT2D eigenvalue weighted by Crippen LogP contribution is 2.69. The van der Waals surface area contributed by atoms with Crippen molar-refractivity contribution in [2.75, 3.05) is 0 Å². The maximum Gasteiger partial charge on any atom is 0.119 e. The SMILES string of the molecule is CC(C)(O)C#CCC1([C@H]2CC[C@H]3C(=CC=C4C[C@@H](O)C[C@H](O)C4)CCC[C@]23C)CC1. The molecule has 4 aliphatic carbocycles. The van der Waals surface area contributed by atoms with E-state index in [0.29, 0.717) is 36.0 Å². The molecule has 0 aromatic heterocycles. The molecule has 0 aromatic rings. The molecule has 0 saturated heterocycles. The fourth-order valence-corrected chi connectivity index (χ4v) is 7.02. The first-order valence-electron chi connectivity index (χ1n) is 12.1. The standard InChI is InChI=1S/C27H40O3/c1-25(2,30)11-5-13-27(14-15-27)24-10-9-23-20(6-4-12-26(23,24)3)8-7-19-16-21(28)18-22(29)17-19/h7-8,21-24,28-30H,4,6,9-10,12-18H2,1-3H3/t21-,22-,23+,24+,26+/m1/s1. The van der Waals surface area contributed by atoms with Crippen molar-refractivity contribution in [1.82, 2.24) is 0 Å². The van der Waals surface area contributed by atoms with Gasteiger partial charge in [-0.15, -0.1) is 0 Å². The summed E-state index contributed by atoms with van der Waals surface area (Å²) in [5, 5.41) is 29.9. The summed E-state index contributed by atoms with van der Waals surface area (Å²) in [6, 6.07) is 0. The third-order valence-electron chi connectivity index (χ3n) is 8.50. The van der Waals surface area contributed by atoms with Gasteiger partial charge in [0.05, 0.1) is 12.2 Å². The van der Waals surface area contributed by atoms with E-state index in [1.165, 1.54) is 50.5 Å². The zero-order chi connectivity index (χ0) is 21.6. The van der Waals surface area contributed by atoms with Crippen LogP contribution in [0.5, 0.6) is 0 Å². The van der Waals surface area contributed by atoms with Gasteiger partial charge in [-0.2, -0.15) is 0 Å². The van der Waals surface area contributed by atoms with Crippen molar-refractivity contribution >= 4 is 0 Å². The molecule has 0 unspecified atom stereocenters. The van der Waals surface area contributed by atoms with E-state index >= 15 is 0 Å². The van der Waals surface area contributed by atoms with Gasteiger partial charge in [-0.3, -0.25) is 0 Å². The first kappa shape index (κ1) is 22.1. The highest BCUT2D eigenvalue weighted by molar-refractivity contribution is 5.28. The van der Waals surface area contributed by atoms with Gasteiger partial charge in [0.2, 0.25) is 0 Å². The monoisotopic (exact) mass is 412 g/mol. The Bertz CT molecular complexity index is 758. The number of hydrogen-bond donors (Lipinski definition) is 3. The Balaban J connectivity index is 1.50. The zero-order valence-electron chi connectivity index (χ0n) is 19.1. The van der Waals surface area contributed by atoms with Crippen LogP contribution < -0.4 is 0 Å². The molecule has 0 aliphatic heterocycles. The Kier molecular flexibility index (Phi) is 5.99. The minimum Gasteiger partial charge on any atom is -0.393 e. The molecular weight excluding hydrogens is 372 g/mol. The third kappa shape index (κ3) is 4.57. The van der Waals surface area contributed by atoms with E-state index in [4.69, 9.17) is 0 Å². The summed E-state index contributed by atoms with van der Waals surface area (Å²) in [5.74, 6) is 7.77. The first-order valence-corrected chi connectivity index (χ1v) is 12.1. The van der Waals surface area contributed by atoms with Crippen LogP contribution in [0.15, 0.2) is 23.3 Å². The number of rotatable bonds is 3. The van der Waals surface area contributed by atoms with E-state index in [0.717, 1.165) is 12.3 Å². The molecule has 4 fully saturated rings. The third-order valence-corrected chi connectivity index (χ3v) is 8.50. The first-order chi connectivity index (χ1) is 14.1. The lowest BCUT2D eigenvalue weighted by atomic mass is 9.59. The van der Waals surface area contributed by atoms with Crippen LogP contribution in [-0.4, -0.2) is 33.1 Å². The van der Waals surface area contributed by atoms with Crippen LogP contribution in [0.2, 0.25) is 0 Å². The fourth-order valence-electron chi connectivity index (χ4n) is 7.02. The molecule has 3 nitrogen and oxygen atoms in total. The van der Waals surface area contributed by atoms with Crippen LogP contribution in [0.3, 0.4) is 0 Å². The molecule has 3 heteroatoms. The molecule has 30 heavy (non-hydrogen) atoms. The maximum absolute atomic E-state index is 9.98. The van der Waals surface area contributed by atoms with Crippen molar-refractivity contribution in [3.05, 3.63) is 23.3 Å². The van der Waals surface area contributed by atoms with Crippen LogP contribution in [-0.2, 0) is 0 Å². The summed E-state index contributed by atoms with van der Waals surface area (Å²) in [4.78, 5) is 0. The Morgan fingerprint density at radius 2 is 1.77 bits per heavy atom. The topological polar surface area (TPSA) is 60.7 Å². The van der Waals surface area contributed by atoms with Crippen LogP contribution >= 0.6 is 0 Å². The molecule has 0 radical (unpaired) electrons. The molecule has 5 atom stereocenters. The van der Waals surface area contributed by atoms with Crippen molar-refractivity contribution in [3.63, 3.8) is 0 Å². The second-order valence-corrected chi connectivity index (χ2v) is 11.5. The number of hydrogen-bond acceptors (Lipinski definition) is 3. The summed E-state index contributed by atoms with van der Waals surface area (Å²) in [6.07, 6.45) is 15.5. The lowest BCUT2D eigenvalue weighted by molar-refractivity contribution is 0.0609. The molecule has 3 N–H and O–H groups in total. The highest BCUT2D eigenvalue weighted by atomic mass is 16.3. The molecule has 0 aromatic carbocycles. The number of aliphatic hydroxyl groups is 3. The van der Waals surface area contributed by atoms with Crippen molar-refractivity contribution in [1.29, 1.82) is 0 Å². The van der Waals surface area contributed by atoms with E-state index in [9.17, 15) is 15.3 Å². The average Bonchev–Trinajstić information content (AvgIpc) is 3.31. The maximum atomic E-state index is 9.98. The molecule has 0 amide bonds. The Labute approximate surface area is 182 Å². The molecule has 4 aliphatic rings. The molecule has 4 saturated carbocycles. The Morgan fingerprint density at radius 3 is 2.40 bits per heavy atom. The van der Waals surface area contributed by atoms with Crippen LogP contribution in [0, 0.1) is 34.5 Å². The van der Waals surface area contributed by atoms with Crippen molar-refractivity contribution < 1.29 is 15.3 Å². The number of allylic oxidation sites excluding steroid dienone is 3. The van der Waals surface area contributed by atoms with E-state index < -0.39 is 17.8 Å². The lowest BCUT2D eigenvalue weighted by Crippen LogP contribution is -2.37. The Morgan fingerprint density at radius 1 is 1.07 bits per heavy atom. The molecule has 0 bridgehead atoms. The van der Waals surface area contributed by atoms with Gasteiger partial charge in [0.1, 0.15) is 5.60 Å². The van der Waals surface area contributed by atoms with Crippen LogP contribution in [0.25, 0.3) is 0 Å². The fraction of sp³-hybridized carbons (Fsp3) is 0.778. The second-order valence-electron chi connectivity index (χ2n) is 11.5. The quantitative estimate of drug-likeness (QED) is 0.578. The smallest absolute Gasteiger partial charge is 0.119 e. The largest absolute Gasteiger partial charge is 0.393 e. The average molecular weight is 413 g/mol. The van der Waals surface area contributed by atoms with Crippen molar-refractivity contribution in [2.24, 2.45) is 22.7 Å². The van der Waals surface area contributed by atoms with E-state index in [1.54, 1.807) is 19.4 Å². The van der Waals surface area contributed by atoms with Gasteiger partial charge in [0.25, 0.3) is 0 Å². The van der Waals surface area contributed by atoms with Crippen LogP contribution in [0.1, 0.15) is 91.4 Å². The predicted molar refractivity (Wildman–Crippen MR) is 121 cm³/mol. The minimum atomic E-state index is -0.896. The summed E-state index contributed by atoms with van der Waals surface area (Å²) in [6.45, 7) is 6.07. The van der Waals surface area contributed by atoms with Gasteiger partial charge in [0.15, 0.2) is 0 Å². The minimum absolute atomic E-state index is 0.362. The molecule has 4 rings (SSSR count). The second kappa shape index (κ2) is 8.12. The summed E-state index contributed by atoms with van der Waals surface area (Å²) in [5.41, 5.74) is 2.62. The van der Waals surface area contributed by atoms with E-state index in [2.05, 4.69) is 30.9 Å². The van der Waals surface area contributed by atoms with E-state index in [1.807, 2.05) is 0 Å². The van der Waals surface area contributed by atoms with Gasteiger partial charge < -0.3 is 15.3 Å². The normalized spacial score (nSPS) is 39.3. The molecule has 0 spiro atoms. The Hall–Kier alpha value is -1.08. The highest BCUT2D eigenvalue weighted by Gasteiger charge is 2.60. The van der Waals surface area contributed by atoms with Crippen molar-refractivity contribution in [3.8, 4) is 11.8 Å². The van der Waals surface area contributed by atoms with Gasteiger partial charge in [-0.05, 0) is 101 Å². The summed E-state index contributed by atoms with van der Waals surface area (Å²) >= 11 is 0. The molecule has 166 valence electrons.